The third-order valence-corrected chi connectivity index (χ3v) is 4.35. The Kier molecular flexibility index (Phi) is 3.49. The van der Waals surface area contributed by atoms with Gasteiger partial charge in [-0.3, -0.25) is 0 Å². The van der Waals surface area contributed by atoms with Crippen molar-refractivity contribution >= 4 is 33.2 Å². The highest BCUT2D eigenvalue weighted by atomic mass is 32.1. The van der Waals surface area contributed by atoms with Crippen LogP contribution in [0, 0.1) is 19.8 Å². The average molecular weight is 278 g/mol. The minimum atomic E-state index is -0.983. The molecule has 0 aliphatic heterocycles. The summed E-state index contributed by atoms with van der Waals surface area (Å²) in [6, 6.07) is 0. The summed E-state index contributed by atoms with van der Waals surface area (Å²) in [5, 5.41) is 9.95. The summed E-state index contributed by atoms with van der Waals surface area (Å²) < 4.78 is 0. The lowest BCUT2D eigenvalue weighted by Crippen LogP contribution is -2.03. The minimum absolute atomic E-state index is 0.187. The molecule has 0 aromatic carbocycles. The largest absolute Gasteiger partial charge is 0.477 e. The first-order valence-electron chi connectivity index (χ1n) is 6.24. The predicted octanol–water partition coefficient (Wildman–Crippen LogP) is 3.39. The van der Waals surface area contributed by atoms with E-state index in [0.29, 0.717) is 11.6 Å². The molecule has 2 heterocycles. The lowest BCUT2D eigenvalue weighted by Gasteiger charge is -2.12. The van der Waals surface area contributed by atoms with Crippen molar-refractivity contribution in [1.29, 1.82) is 0 Å². The number of thiophene rings is 1. The van der Waals surface area contributed by atoms with Crippen molar-refractivity contribution in [3.05, 3.63) is 21.7 Å². The van der Waals surface area contributed by atoms with E-state index in [-0.39, 0.29) is 4.88 Å². The number of aromatic carboxylic acids is 1. The monoisotopic (exact) mass is 278 g/mol. The molecule has 0 saturated carbocycles. The Labute approximate surface area is 116 Å². The standard InChI is InChI=1S/C14H18N2O2S/c1-6(2)5-9-7(3)10-11(15)12(14(17)18)19-13(10)16-8(9)4/h6H,5,15H2,1-4H3,(H,17,18). The molecule has 0 aliphatic carbocycles. The lowest BCUT2D eigenvalue weighted by atomic mass is 9.95. The third kappa shape index (κ3) is 2.30. The second-order valence-corrected chi connectivity index (χ2v) is 6.23. The number of hydrogen-bond donors (Lipinski definition) is 2. The van der Waals surface area contributed by atoms with Crippen LogP contribution in [0.4, 0.5) is 5.69 Å². The number of aromatic nitrogens is 1. The molecule has 19 heavy (non-hydrogen) atoms. The molecule has 3 N–H and O–H groups in total. The van der Waals surface area contributed by atoms with Gasteiger partial charge < -0.3 is 10.8 Å². The second-order valence-electron chi connectivity index (χ2n) is 5.23. The van der Waals surface area contributed by atoms with Crippen LogP contribution in [0.1, 0.15) is 40.3 Å². The molecule has 102 valence electrons. The zero-order valence-corrected chi connectivity index (χ0v) is 12.4. The first kappa shape index (κ1) is 13.8. The maximum absolute atomic E-state index is 11.2. The Morgan fingerprint density at radius 2 is 2.05 bits per heavy atom. The molecule has 0 fully saturated rings. The van der Waals surface area contributed by atoms with E-state index < -0.39 is 5.97 Å². The van der Waals surface area contributed by atoms with Crippen LogP contribution in [0.25, 0.3) is 10.2 Å². The van der Waals surface area contributed by atoms with Crippen LogP contribution in [0.15, 0.2) is 0 Å². The smallest absolute Gasteiger partial charge is 0.348 e. The molecule has 0 radical (unpaired) electrons. The molecule has 2 aromatic heterocycles. The summed E-state index contributed by atoms with van der Waals surface area (Å²) in [7, 11) is 0. The number of hydrogen-bond acceptors (Lipinski definition) is 4. The molecule has 0 saturated heterocycles. The zero-order valence-electron chi connectivity index (χ0n) is 11.6. The number of pyridine rings is 1. The Balaban J connectivity index is 2.75. The molecule has 0 bridgehead atoms. The van der Waals surface area contributed by atoms with E-state index in [1.807, 2.05) is 13.8 Å². The summed E-state index contributed by atoms with van der Waals surface area (Å²) in [6.07, 6.45) is 0.929. The van der Waals surface area contributed by atoms with Crippen LogP contribution in [0.3, 0.4) is 0 Å². The van der Waals surface area contributed by atoms with Gasteiger partial charge in [-0.15, -0.1) is 11.3 Å². The normalized spacial score (nSPS) is 11.4. The number of rotatable bonds is 3. The Bertz CT molecular complexity index is 659. The summed E-state index contributed by atoms with van der Waals surface area (Å²) in [6.45, 7) is 8.29. The van der Waals surface area contributed by atoms with E-state index in [9.17, 15) is 4.79 Å². The van der Waals surface area contributed by atoms with Crippen molar-refractivity contribution in [1.82, 2.24) is 4.98 Å². The number of nitrogens with two attached hydrogens (primary N) is 1. The van der Waals surface area contributed by atoms with Crippen molar-refractivity contribution in [2.45, 2.75) is 34.1 Å². The Morgan fingerprint density at radius 3 is 2.58 bits per heavy atom. The Hall–Kier alpha value is -1.62. The van der Waals surface area contributed by atoms with Crippen molar-refractivity contribution in [3.63, 3.8) is 0 Å². The molecular weight excluding hydrogens is 260 g/mol. The fraction of sp³-hybridized carbons (Fsp3) is 0.429. The van der Waals surface area contributed by atoms with Gasteiger partial charge in [-0.25, -0.2) is 9.78 Å². The molecular formula is C14H18N2O2S. The van der Waals surface area contributed by atoms with Crippen LogP contribution < -0.4 is 5.73 Å². The summed E-state index contributed by atoms with van der Waals surface area (Å²) >= 11 is 1.15. The van der Waals surface area contributed by atoms with Gasteiger partial charge in [0.05, 0.1) is 5.69 Å². The number of anilines is 1. The first-order chi connectivity index (χ1) is 8.82. The fourth-order valence-electron chi connectivity index (χ4n) is 2.38. The van der Waals surface area contributed by atoms with Crippen molar-refractivity contribution in [3.8, 4) is 0 Å². The van der Waals surface area contributed by atoms with Crippen LogP contribution in [0.2, 0.25) is 0 Å². The van der Waals surface area contributed by atoms with Gasteiger partial charge in [0.2, 0.25) is 0 Å². The van der Waals surface area contributed by atoms with Crippen LogP contribution in [-0.2, 0) is 6.42 Å². The number of nitrogens with zero attached hydrogens (tertiary/aromatic N) is 1. The lowest BCUT2D eigenvalue weighted by molar-refractivity contribution is 0.0703. The molecule has 4 nitrogen and oxygen atoms in total. The molecule has 0 unspecified atom stereocenters. The topological polar surface area (TPSA) is 76.2 Å². The SMILES string of the molecule is Cc1nc2sc(C(=O)O)c(N)c2c(C)c1CC(C)C. The fourth-order valence-corrected chi connectivity index (χ4v) is 3.42. The quantitative estimate of drug-likeness (QED) is 0.902. The molecule has 0 atom stereocenters. The maximum atomic E-state index is 11.2. The first-order valence-corrected chi connectivity index (χ1v) is 7.05. The van der Waals surface area contributed by atoms with E-state index in [4.69, 9.17) is 10.8 Å². The van der Waals surface area contributed by atoms with E-state index in [1.165, 1.54) is 5.56 Å². The third-order valence-electron chi connectivity index (χ3n) is 3.27. The molecule has 0 spiro atoms. The van der Waals surface area contributed by atoms with Gasteiger partial charge in [-0.05, 0) is 37.3 Å². The van der Waals surface area contributed by atoms with Crippen LogP contribution in [-0.4, -0.2) is 16.1 Å². The van der Waals surface area contributed by atoms with E-state index in [0.717, 1.165) is 39.2 Å². The van der Waals surface area contributed by atoms with Crippen LogP contribution >= 0.6 is 11.3 Å². The van der Waals surface area contributed by atoms with Crippen LogP contribution in [0.5, 0.6) is 0 Å². The second kappa shape index (κ2) is 4.81. The van der Waals surface area contributed by atoms with Gasteiger partial charge in [0.1, 0.15) is 9.71 Å². The average Bonchev–Trinajstić information content (AvgIpc) is 2.61. The van der Waals surface area contributed by atoms with E-state index >= 15 is 0 Å². The highest BCUT2D eigenvalue weighted by molar-refractivity contribution is 7.21. The molecule has 0 amide bonds. The summed E-state index contributed by atoms with van der Waals surface area (Å²) in [5.74, 6) is -0.460. The predicted molar refractivity (Wildman–Crippen MR) is 79.0 cm³/mol. The van der Waals surface area contributed by atoms with Gasteiger partial charge in [-0.1, -0.05) is 13.8 Å². The van der Waals surface area contributed by atoms with E-state index in [1.54, 1.807) is 0 Å². The van der Waals surface area contributed by atoms with Crippen molar-refractivity contribution in [2.75, 3.05) is 5.73 Å². The number of nitrogen functional groups attached to an aromatic ring is 1. The van der Waals surface area contributed by atoms with E-state index in [2.05, 4.69) is 18.8 Å². The number of carboxylic acid groups (broad SMARTS) is 1. The Morgan fingerprint density at radius 1 is 1.42 bits per heavy atom. The summed E-state index contributed by atoms with van der Waals surface area (Å²) in [4.78, 5) is 16.6. The highest BCUT2D eigenvalue weighted by Gasteiger charge is 2.20. The number of aryl methyl sites for hydroxylation is 2. The summed E-state index contributed by atoms with van der Waals surface area (Å²) in [5.41, 5.74) is 9.55. The van der Waals surface area contributed by atoms with Gasteiger partial charge >= 0.3 is 5.97 Å². The van der Waals surface area contributed by atoms with Gasteiger partial charge in [0.25, 0.3) is 0 Å². The molecule has 2 aromatic rings. The highest BCUT2D eigenvalue weighted by Crippen LogP contribution is 2.37. The number of carboxylic acids is 1. The minimum Gasteiger partial charge on any atom is -0.477 e. The van der Waals surface area contributed by atoms with Gasteiger partial charge in [0.15, 0.2) is 0 Å². The van der Waals surface area contributed by atoms with Crippen molar-refractivity contribution < 1.29 is 9.90 Å². The number of fused-ring (bicyclic) bond motifs is 1. The molecule has 0 aliphatic rings. The number of carbonyl (C=O) groups is 1. The van der Waals surface area contributed by atoms with Gasteiger partial charge in [0, 0.05) is 11.1 Å². The maximum Gasteiger partial charge on any atom is 0.348 e. The van der Waals surface area contributed by atoms with Gasteiger partial charge in [-0.2, -0.15) is 0 Å². The molecule has 2 rings (SSSR count). The molecule has 5 heteroatoms. The van der Waals surface area contributed by atoms with Crippen molar-refractivity contribution in [2.24, 2.45) is 5.92 Å². The zero-order chi connectivity index (χ0) is 14.3.